The van der Waals surface area contributed by atoms with Crippen molar-refractivity contribution in [2.24, 2.45) is 5.41 Å². The molecule has 0 aromatic heterocycles. The van der Waals surface area contributed by atoms with Gasteiger partial charge >= 0.3 is 0 Å². The van der Waals surface area contributed by atoms with E-state index >= 15 is 0 Å². The molecule has 2 fully saturated rings. The number of nitrogens with zero attached hydrogens (tertiary/aromatic N) is 3. The molecule has 30 heavy (non-hydrogen) atoms. The first-order valence-electron chi connectivity index (χ1n) is 11.5. The molecule has 1 atom stereocenters. The number of nitrogens with one attached hydrogen (secondary N) is 1. The Balaban J connectivity index is 1.45. The molecule has 0 bridgehead atoms. The summed E-state index contributed by atoms with van der Waals surface area (Å²) in [6.45, 7) is 15.3. The molecule has 1 unspecified atom stereocenters. The zero-order valence-corrected chi connectivity index (χ0v) is 19.8. The second kappa shape index (κ2) is 10.9. The molecule has 1 aromatic carbocycles. The fourth-order valence-corrected chi connectivity index (χ4v) is 4.63. The molecule has 1 aromatic rings. The molecule has 5 nitrogen and oxygen atoms in total. The minimum atomic E-state index is 0.120. The van der Waals surface area contributed by atoms with Crippen LogP contribution in [0.25, 0.3) is 0 Å². The summed E-state index contributed by atoms with van der Waals surface area (Å²) in [5.41, 5.74) is 1.50. The van der Waals surface area contributed by atoms with Crippen molar-refractivity contribution in [1.82, 2.24) is 20.0 Å². The van der Waals surface area contributed by atoms with E-state index in [4.69, 9.17) is 11.6 Å². The monoisotopic (exact) mass is 434 g/mol. The quantitative estimate of drug-likeness (QED) is 0.677. The van der Waals surface area contributed by atoms with Gasteiger partial charge in [-0.15, -0.1) is 0 Å². The number of carbonyl (C=O) groups excluding carboxylic acids is 1. The van der Waals surface area contributed by atoms with Crippen LogP contribution in [0.5, 0.6) is 0 Å². The van der Waals surface area contributed by atoms with Gasteiger partial charge in [-0.25, -0.2) is 0 Å². The van der Waals surface area contributed by atoms with Crippen LogP contribution in [0.2, 0.25) is 5.02 Å². The highest BCUT2D eigenvalue weighted by Crippen LogP contribution is 2.29. The van der Waals surface area contributed by atoms with Crippen molar-refractivity contribution in [1.29, 1.82) is 0 Å². The number of amides is 1. The molecular weight excluding hydrogens is 396 g/mol. The summed E-state index contributed by atoms with van der Waals surface area (Å²) in [6, 6.07) is 8.19. The predicted molar refractivity (Wildman–Crippen MR) is 125 cm³/mol. The molecule has 0 saturated carbocycles. The van der Waals surface area contributed by atoms with Gasteiger partial charge in [0.15, 0.2) is 0 Å². The van der Waals surface area contributed by atoms with Crippen molar-refractivity contribution in [3.63, 3.8) is 0 Å². The molecule has 0 radical (unpaired) electrons. The van der Waals surface area contributed by atoms with E-state index in [2.05, 4.69) is 46.9 Å². The van der Waals surface area contributed by atoms with Crippen LogP contribution < -0.4 is 5.32 Å². The highest BCUT2D eigenvalue weighted by molar-refractivity contribution is 6.31. The van der Waals surface area contributed by atoms with Crippen LogP contribution in [0.3, 0.4) is 0 Å². The average Bonchev–Trinajstić information content (AvgIpc) is 3.23. The van der Waals surface area contributed by atoms with Gasteiger partial charge in [-0.3, -0.25) is 14.6 Å². The van der Waals surface area contributed by atoms with Crippen LogP contribution in [0, 0.1) is 5.41 Å². The molecule has 3 rings (SSSR count). The molecular formula is C24H39ClN4O. The topological polar surface area (TPSA) is 38.8 Å². The highest BCUT2D eigenvalue weighted by atomic mass is 35.5. The lowest BCUT2D eigenvalue weighted by Crippen LogP contribution is -2.50. The van der Waals surface area contributed by atoms with Gasteiger partial charge in [0.25, 0.3) is 0 Å². The Morgan fingerprint density at radius 2 is 1.67 bits per heavy atom. The number of carbonyl (C=O) groups is 1. The van der Waals surface area contributed by atoms with Gasteiger partial charge in [0.05, 0.1) is 12.6 Å². The van der Waals surface area contributed by atoms with Gasteiger partial charge in [0.1, 0.15) is 0 Å². The van der Waals surface area contributed by atoms with Crippen molar-refractivity contribution < 1.29 is 4.79 Å². The highest BCUT2D eigenvalue weighted by Gasteiger charge is 2.26. The smallest absolute Gasteiger partial charge is 0.234 e. The lowest BCUT2D eigenvalue weighted by atomic mass is 9.92. The zero-order valence-electron chi connectivity index (χ0n) is 19.0. The molecule has 0 spiro atoms. The largest absolute Gasteiger partial charge is 0.353 e. The van der Waals surface area contributed by atoms with Crippen molar-refractivity contribution >= 4 is 17.5 Å². The standard InChI is InChI=1S/C24H39ClN4O/c1-24(2,3)10-13-27-14-16-28(17-15-27)19-23(30)26-18-22(29-11-6-7-12-29)20-8-4-5-9-21(20)25/h4-5,8-9,22H,6-7,10-19H2,1-3H3,(H,26,30). The third-order valence-corrected chi connectivity index (χ3v) is 6.69. The van der Waals surface area contributed by atoms with E-state index < -0.39 is 0 Å². The van der Waals surface area contributed by atoms with E-state index in [-0.39, 0.29) is 11.9 Å². The third kappa shape index (κ3) is 7.23. The Kier molecular flexibility index (Phi) is 8.58. The molecule has 0 aliphatic carbocycles. The van der Waals surface area contributed by atoms with Gasteiger partial charge in [-0.2, -0.15) is 0 Å². The van der Waals surface area contributed by atoms with E-state index in [1.165, 1.54) is 19.3 Å². The van der Waals surface area contributed by atoms with Gasteiger partial charge in [-0.05, 0) is 55.9 Å². The summed E-state index contributed by atoms with van der Waals surface area (Å²) in [4.78, 5) is 19.9. The van der Waals surface area contributed by atoms with Crippen LogP contribution in [0.1, 0.15) is 51.6 Å². The van der Waals surface area contributed by atoms with Gasteiger partial charge in [-0.1, -0.05) is 50.6 Å². The molecule has 2 heterocycles. The minimum absolute atomic E-state index is 0.120. The van der Waals surface area contributed by atoms with Crippen LogP contribution in [-0.2, 0) is 4.79 Å². The van der Waals surface area contributed by atoms with Crippen LogP contribution in [0.4, 0.5) is 0 Å². The number of piperazine rings is 1. The Morgan fingerprint density at radius 3 is 2.30 bits per heavy atom. The Hall–Kier alpha value is -1.14. The lowest BCUT2D eigenvalue weighted by molar-refractivity contribution is -0.122. The number of hydrogen-bond donors (Lipinski definition) is 1. The average molecular weight is 435 g/mol. The third-order valence-electron chi connectivity index (χ3n) is 6.35. The maximum Gasteiger partial charge on any atom is 0.234 e. The molecule has 1 amide bonds. The van der Waals surface area contributed by atoms with E-state index in [9.17, 15) is 4.79 Å². The van der Waals surface area contributed by atoms with Gasteiger partial charge < -0.3 is 10.2 Å². The second-order valence-electron chi connectivity index (χ2n) is 10.0. The molecule has 2 saturated heterocycles. The molecule has 2 aliphatic rings. The normalized spacial score (nSPS) is 20.4. The Labute approximate surface area is 187 Å². The number of hydrogen-bond acceptors (Lipinski definition) is 4. The van der Waals surface area contributed by atoms with Crippen molar-refractivity contribution in [2.45, 2.75) is 46.1 Å². The van der Waals surface area contributed by atoms with Gasteiger partial charge in [0, 0.05) is 37.7 Å². The fourth-order valence-electron chi connectivity index (χ4n) is 4.37. The van der Waals surface area contributed by atoms with Crippen LogP contribution in [-0.4, -0.2) is 79.5 Å². The van der Waals surface area contributed by atoms with E-state index in [0.717, 1.165) is 56.4 Å². The lowest BCUT2D eigenvalue weighted by Gasteiger charge is -2.35. The SMILES string of the molecule is CC(C)(C)CCN1CCN(CC(=O)NCC(c2ccccc2Cl)N2CCCC2)CC1. The number of likely N-dealkylation sites (tertiary alicyclic amines) is 1. The summed E-state index contributed by atoms with van der Waals surface area (Å²) in [6.07, 6.45) is 3.65. The summed E-state index contributed by atoms with van der Waals surface area (Å²) in [5.74, 6) is 0.120. The Bertz CT molecular complexity index is 676. The molecule has 168 valence electrons. The molecule has 1 N–H and O–H groups in total. The first-order valence-corrected chi connectivity index (χ1v) is 11.9. The summed E-state index contributed by atoms with van der Waals surface area (Å²) in [5, 5.41) is 3.98. The van der Waals surface area contributed by atoms with Crippen LogP contribution in [0.15, 0.2) is 24.3 Å². The van der Waals surface area contributed by atoms with Crippen molar-refractivity contribution in [2.75, 3.05) is 58.9 Å². The second-order valence-corrected chi connectivity index (χ2v) is 10.4. The number of halogens is 1. The maximum atomic E-state index is 12.7. The van der Waals surface area contributed by atoms with E-state index in [1.807, 2.05) is 18.2 Å². The van der Waals surface area contributed by atoms with Crippen LogP contribution >= 0.6 is 11.6 Å². The summed E-state index contributed by atoms with van der Waals surface area (Å²) in [7, 11) is 0. The first-order chi connectivity index (χ1) is 14.3. The molecule has 6 heteroatoms. The number of rotatable bonds is 8. The first kappa shape index (κ1) is 23.5. The Morgan fingerprint density at radius 1 is 1.03 bits per heavy atom. The maximum absolute atomic E-state index is 12.7. The summed E-state index contributed by atoms with van der Waals surface area (Å²) >= 11 is 6.48. The minimum Gasteiger partial charge on any atom is -0.353 e. The van der Waals surface area contributed by atoms with E-state index in [0.29, 0.717) is 18.5 Å². The zero-order chi connectivity index (χ0) is 21.6. The van der Waals surface area contributed by atoms with E-state index in [1.54, 1.807) is 0 Å². The fraction of sp³-hybridized carbons (Fsp3) is 0.708. The molecule has 2 aliphatic heterocycles. The van der Waals surface area contributed by atoms with Crippen molar-refractivity contribution in [3.05, 3.63) is 34.9 Å². The number of benzene rings is 1. The van der Waals surface area contributed by atoms with Gasteiger partial charge in [0.2, 0.25) is 5.91 Å². The van der Waals surface area contributed by atoms with Crippen molar-refractivity contribution in [3.8, 4) is 0 Å². The summed E-state index contributed by atoms with van der Waals surface area (Å²) < 4.78 is 0. The predicted octanol–water partition coefficient (Wildman–Crippen LogP) is 3.65.